The van der Waals surface area contributed by atoms with Crippen LogP contribution in [0.15, 0.2) is 66.7 Å². The molecule has 0 unspecified atom stereocenters. The van der Waals surface area contributed by atoms with Crippen LogP contribution in [0.5, 0.6) is 0 Å². The summed E-state index contributed by atoms with van der Waals surface area (Å²) >= 11 is 6.41. The number of anilines is 1. The van der Waals surface area contributed by atoms with Crippen LogP contribution < -0.4 is 4.90 Å². The molecule has 0 saturated carbocycles. The Balaban J connectivity index is 1.47. The van der Waals surface area contributed by atoms with Gasteiger partial charge in [-0.25, -0.2) is 0 Å². The third-order valence-corrected chi connectivity index (χ3v) is 7.54. The van der Waals surface area contributed by atoms with Crippen molar-refractivity contribution in [2.75, 3.05) is 25.0 Å². The zero-order valence-electron chi connectivity index (χ0n) is 19.0. The normalized spacial score (nSPS) is 23.5. The van der Waals surface area contributed by atoms with E-state index in [0.29, 0.717) is 16.1 Å². The Hall–Kier alpha value is -3.13. The molecule has 2 heterocycles. The van der Waals surface area contributed by atoms with E-state index in [1.165, 1.54) is 16.7 Å². The predicted octanol–water partition coefficient (Wildman–Crippen LogP) is 5.68. The number of amides is 1. The Morgan fingerprint density at radius 3 is 2.64 bits per heavy atom. The molecule has 0 spiro atoms. The van der Waals surface area contributed by atoms with E-state index in [0.717, 1.165) is 36.2 Å². The van der Waals surface area contributed by atoms with Crippen molar-refractivity contribution in [3.8, 4) is 6.07 Å². The molecule has 1 saturated heterocycles. The van der Waals surface area contributed by atoms with Crippen LogP contribution in [0.1, 0.15) is 45.0 Å². The summed E-state index contributed by atoms with van der Waals surface area (Å²) in [5.74, 6) is 0.268. The molecule has 33 heavy (non-hydrogen) atoms. The largest absolute Gasteiger partial charge is 0.322 e. The summed E-state index contributed by atoms with van der Waals surface area (Å²) in [5.41, 5.74) is 5.99. The van der Waals surface area contributed by atoms with Crippen molar-refractivity contribution in [1.29, 1.82) is 5.26 Å². The highest BCUT2D eigenvalue weighted by Crippen LogP contribution is 2.47. The number of nitrogens with zero attached hydrogens (tertiary/aromatic N) is 3. The molecule has 0 radical (unpaired) electrons. The number of benzene rings is 3. The molecule has 4 nitrogen and oxygen atoms in total. The fourth-order valence-corrected chi connectivity index (χ4v) is 5.83. The van der Waals surface area contributed by atoms with Gasteiger partial charge < -0.3 is 9.38 Å². The molecule has 0 bridgehead atoms. The first-order valence-corrected chi connectivity index (χ1v) is 11.8. The number of hydrogen-bond acceptors (Lipinski definition) is 2. The topological polar surface area (TPSA) is 44.1 Å². The number of likely N-dealkylation sites (tertiary alicyclic amines) is 1. The first-order chi connectivity index (χ1) is 15.9. The minimum absolute atomic E-state index is 0.0126. The third kappa shape index (κ3) is 3.93. The molecule has 3 aromatic carbocycles. The van der Waals surface area contributed by atoms with Gasteiger partial charge in [-0.3, -0.25) is 4.79 Å². The maximum absolute atomic E-state index is 13.7. The minimum atomic E-state index is -0.0126. The first-order valence-electron chi connectivity index (χ1n) is 11.4. The quantitative estimate of drug-likeness (QED) is 0.475. The van der Waals surface area contributed by atoms with Crippen LogP contribution in [0, 0.1) is 18.3 Å². The number of carbonyl (C=O) groups excluding carboxylic acids is 1. The second-order valence-electron chi connectivity index (χ2n) is 9.67. The van der Waals surface area contributed by atoms with Crippen molar-refractivity contribution < 1.29 is 9.28 Å². The maximum Gasteiger partial charge on any atom is 0.260 e. The number of fused-ring (bicyclic) bond motifs is 3. The minimum Gasteiger partial charge on any atom is -0.322 e. The molecule has 0 N–H and O–H groups in total. The summed E-state index contributed by atoms with van der Waals surface area (Å²) in [4.78, 5) is 15.7. The van der Waals surface area contributed by atoms with Gasteiger partial charge in [0.2, 0.25) is 0 Å². The lowest BCUT2D eigenvalue weighted by Crippen LogP contribution is -2.56. The summed E-state index contributed by atoms with van der Waals surface area (Å²) < 4.78 is 0.911. The Morgan fingerprint density at radius 1 is 1.15 bits per heavy atom. The number of quaternary nitrogens is 1. The fourth-order valence-electron chi connectivity index (χ4n) is 5.61. The zero-order chi connectivity index (χ0) is 23.2. The fraction of sp³-hybridized carbons (Fsp3) is 0.286. The second-order valence-corrected chi connectivity index (χ2v) is 10.1. The van der Waals surface area contributed by atoms with E-state index >= 15 is 0 Å². The molecule has 1 amide bonds. The van der Waals surface area contributed by atoms with Crippen LogP contribution in [0.2, 0.25) is 5.02 Å². The summed E-state index contributed by atoms with van der Waals surface area (Å²) in [6, 6.07) is 24.0. The van der Waals surface area contributed by atoms with E-state index < -0.39 is 0 Å². The monoisotopic (exact) mass is 456 g/mol. The van der Waals surface area contributed by atoms with Crippen molar-refractivity contribution in [2.45, 2.75) is 31.8 Å². The van der Waals surface area contributed by atoms with Crippen LogP contribution in [-0.2, 0) is 6.54 Å². The molecular formula is C28H27ClN3O+. The third-order valence-electron chi connectivity index (χ3n) is 7.21. The molecule has 2 aliphatic rings. The van der Waals surface area contributed by atoms with Gasteiger partial charge in [-0.15, -0.1) is 0 Å². The number of hydrogen-bond donors (Lipinski definition) is 0. The molecule has 5 heteroatoms. The Bertz CT molecular complexity index is 1260. The Kier molecular flexibility index (Phi) is 5.48. The van der Waals surface area contributed by atoms with Crippen LogP contribution >= 0.6 is 11.6 Å². The van der Waals surface area contributed by atoms with Gasteiger partial charge in [0.1, 0.15) is 6.54 Å². The van der Waals surface area contributed by atoms with Gasteiger partial charge in [0, 0.05) is 17.7 Å². The predicted molar refractivity (Wildman–Crippen MR) is 131 cm³/mol. The standard InChI is InChI=1S/C28H27ClN3O/c1-19-7-12-26-23(15-19)24-18-32(2,17-21-10-8-20(16-30)9-11-21)14-13-27(24)31(26)28(33)22-5-3-4-6-25(22)29/h3-12,15,24,27H,13-14,17-18H2,1-2H3/q+1/t24-,27+,32+/m0/s1. The maximum atomic E-state index is 13.7. The van der Waals surface area contributed by atoms with Crippen molar-refractivity contribution in [3.63, 3.8) is 0 Å². The molecule has 0 aliphatic carbocycles. The number of piperidine rings is 1. The average Bonchev–Trinajstić information content (AvgIpc) is 3.11. The van der Waals surface area contributed by atoms with Crippen LogP contribution in [-0.4, -0.2) is 36.6 Å². The molecule has 2 aliphatic heterocycles. The molecule has 5 rings (SSSR count). The van der Waals surface area contributed by atoms with Gasteiger partial charge in [-0.05, 0) is 42.8 Å². The smallest absolute Gasteiger partial charge is 0.260 e. The highest BCUT2D eigenvalue weighted by molar-refractivity contribution is 6.34. The molecule has 3 aromatic rings. The lowest BCUT2D eigenvalue weighted by molar-refractivity contribution is -0.928. The van der Waals surface area contributed by atoms with E-state index in [1.54, 1.807) is 6.07 Å². The van der Waals surface area contributed by atoms with E-state index in [1.807, 2.05) is 35.2 Å². The highest BCUT2D eigenvalue weighted by Gasteiger charge is 2.49. The van der Waals surface area contributed by atoms with Gasteiger partial charge in [0.05, 0.1) is 54.3 Å². The van der Waals surface area contributed by atoms with Crippen LogP contribution in [0.25, 0.3) is 0 Å². The summed E-state index contributed by atoms with van der Waals surface area (Å²) in [7, 11) is 2.31. The van der Waals surface area contributed by atoms with Crippen molar-refractivity contribution in [2.24, 2.45) is 0 Å². The van der Waals surface area contributed by atoms with E-state index in [2.05, 4.69) is 50.4 Å². The van der Waals surface area contributed by atoms with Crippen LogP contribution in [0.3, 0.4) is 0 Å². The molecule has 0 aromatic heterocycles. The summed E-state index contributed by atoms with van der Waals surface area (Å²) in [5, 5.41) is 9.59. The van der Waals surface area contributed by atoms with E-state index in [-0.39, 0.29) is 17.9 Å². The molecule has 1 fully saturated rings. The highest BCUT2D eigenvalue weighted by atomic mass is 35.5. The van der Waals surface area contributed by atoms with Gasteiger partial charge in [-0.2, -0.15) is 5.26 Å². The summed E-state index contributed by atoms with van der Waals surface area (Å²) in [6.45, 7) is 4.98. The number of carbonyl (C=O) groups is 1. The number of halogens is 1. The Morgan fingerprint density at radius 2 is 1.91 bits per heavy atom. The summed E-state index contributed by atoms with van der Waals surface area (Å²) in [6.07, 6.45) is 0.932. The lowest BCUT2D eigenvalue weighted by atomic mass is 9.87. The van der Waals surface area contributed by atoms with Gasteiger partial charge in [0.15, 0.2) is 0 Å². The van der Waals surface area contributed by atoms with Crippen molar-refractivity contribution >= 4 is 23.2 Å². The lowest BCUT2D eigenvalue weighted by Gasteiger charge is -2.44. The molecular weight excluding hydrogens is 430 g/mol. The number of likely N-dealkylation sites (N-methyl/N-ethyl adjacent to an activating group) is 1. The Labute approximate surface area is 200 Å². The zero-order valence-corrected chi connectivity index (χ0v) is 19.7. The number of nitriles is 1. The van der Waals surface area contributed by atoms with Crippen LogP contribution in [0.4, 0.5) is 5.69 Å². The second kappa shape index (κ2) is 8.33. The van der Waals surface area contributed by atoms with Gasteiger partial charge in [-0.1, -0.05) is 53.6 Å². The van der Waals surface area contributed by atoms with Gasteiger partial charge in [0.25, 0.3) is 5.91 Å². The van der Waals surface area contributed by atoms with Gasteiger partial charge >= 0.3 is 0 Å². The van der Waals surface area contributed by atoms with Crippen molar-refractivity contribution in [1.82, 2.24) is 0 Å². The number of rotatable bonds is 3. The van der Waals surface area contributed by atoms with E-state index in [4.69, 9.17) is 16.9 Å². The first kappa shape index (κ1) is 21.7. The molecule has 166 valence electrons. The van der Waals surface area contributed by atoms with Crippen molar-refractivity contribution in [3.05, 3.63) is 99.6 Å². The van der Waals surface area contributed by atoms with E-state index in [9.17, 15) is 4.79 Å². The molecule has 3 atom stereocenters. The number of aryl methyl sites for hydroxylation is 1. The average molecular weight is 457 g/mol. The SMILES string of the molecule is Cc1ccc2c(c1)[C@@H]1C[N@@+](C)(Cc3ccc(C#N)cc3)CC[C@H]1N2C(=O)c1ccccc1Cl.